The molecule has 0 unspecified atom stereocenters. The molecule has 224 valence electrons. The van der Waals surface area contributed by atoms with Crippen LogP contribution in [0.25, 0.3) is 0 Å². The van der Waals surface area contributed by atoms with Gasteiger partial charge in [0.05, 0.1) is 7.11 Å². The summed E-state index contributed by atoms with van der Waals surface area (Å²) >= 11 is 0. The van der Waals surface area contributed by atoms with Gasteiger partial charge >= 0.3 is 0 Å². The topological polar surface area (TPSA) is 87.6 Å². The predicted molar refractivity (Wildman–Crippen MR) is 161 cm³/mol. The van der Waals surface area contributed by atoms with Crippen LogP contribution in [-0.2, 0) is 13.0 Å². The molecule has 2 fully saturated rings. The van der Waals surface area contributed by atoms with Crippen LogP contribution in [-0.4, -0.2) is 103 Å². The fourth-order valence-corrected chi connectivity index (χ4v) is 5.30. The number of carbonyl (C=O) groups is 1. The smallest absolute Gasteiger partial charge is 0.272 e. The van der Waals surface area contributed by atoms with Crippen molar-refractivity contribution >= 4 is 5.91 Å². The van der Waals surface area contributed by atoms with Crippen LogP contribution in [0.2, 0.25) is 0 Å². The van der Waals surface area contributed by atoms with Crippen molar-refractivity contribution in [1.29, 1.82) is 0 Å². The van der Waals surface area contributed by atoms with Gasteiger partial charge in [0.25, 0.3) is 5.91 Å². The standard InChI is InChI=1S/C33H42N4O5/c1-4-24-5-7-25(8-6-24)22-42-31-10-9-26(17-32(31)40-3)27-19-37(20-27)33(39)30-18-29(11-12-34-30)41-23-28(38)21-36-15-13-35(2)14-16-36/h5-12,17-18,27-28,38H,4,13-16,19-23H2,1-3H3/t28-/m1/s1. The normalized spacial score (nSPS) is 17.0. The van der Waals surface area contributed by atoms with E-state index in [4.69, 9.17) is 14.2 Å². The minimum Gasteiger partial charge on any atom is -0.493 e. The summed E-state index contributed by atoms with van der Waals surface area (Å²) < 4.78 is 17.5. The van der Waals surface area contributed by atoms with Crippen LogP contribution >= 0.6 is 0 Å². The summed E-state index contributed by atoms with van der Waals surface area (Å²) in [6.45, 7) is 8.44. The van der Waals surface area contributed by atoms with Gasteiger partial charge in [0, 0.05) is 64.0 Å². The van der Waals surface area contributed by atoms with Gasteiger partial charge in [0.15, 0.2) is 11.5 Å². The number of hydrogen-bond acceptors (Lipinski definition) is 8. The molecular formula is C33H42N4O5. The van der Waals surface area contributed by atoms with Gasteiger partial charge in [-0.1, -0.05) is 37.3 Å². The highest BCUT2D eigenvalue weighted by atomic mass is 16.5. The van der Waals surface area contributed by atoms with Crippen LogP contribution in [0.3, 0.4) is 0 Å². The molecule has 1 N–H and O–H groups in total. The predicted octanol–water partition coefficient (Wildman–Crippen LogP) is 3.46. The first-order valence-electron chi connectivity index (χ1n) is 14.8. The highest BCUT2D eigenvalue weighted by Crippen LogP contribution is 2.35. The van der Waals surface area contributed by atoms with Gasteiger partial charge in [-0.2, -0.15) is 0 Å². The number of pyridine rings is 1. The number of carbonyl (C=O) groups excluding carboxylic acids is 1. The Kier molecular flexibility index (Phi) is 9.94. The van der Waals surface area contributed by atoms with E-state index in [1.165, 1.54) is 5.56 Å². The number of ether oxygens (including phenoxy) is 3. The maximum atomic E-state index is 13.1. The Labute approximate surface area is 248 Å². The molecule has 2 saturated heterocycles. The molecule has 1 aromatic heterocycles. The van der Waals surface area contributed by atoms with E-state index in [1.807, 2.05) is 18.2 Å². The highest BCUT2D eigenvalue weighted by molar-refractivity contribution is 5.93. The van der Waals surface area contributed by atoms with Crippen molar-refractivity contribution < 1.29 is 24.1 Å². The van der Waals surface area contributed by atoms with E-state index in [-0.39, 0.29) is 18.4 Å². The number of aryl methyl sites for hydroxylation is 1. The Morgan fingerprint density at radius 1 is 0.976 bits per heavy atom. The molecule has 9 heteroatoms. The largest absolute Gasteiger partial charge is 0.493 e. The van der Waals surface area contributed by atoms with Gasteiger partial charge in [0.2, 0.25) is 0 Å². The van der Waals surface area contributed by atoms with Crippen LogP contribution in [0.1, 0.15) is 40.0 Å². The molecule has 2 aromatic carbocycles. The fraction of sp³-hybridized carbons (Fsp3) is 0.455. The number of aliphatic hydroxyl groups excluding tert-OH is 1. The maximum Gasteiger partial charge on any atom is 0.272 e. The minimum atomic E-state index is -0.599. The Bertz CT molecular complexity index is 1320. The molecule has 2 aliphatic rings. The molecule has 3 heterocycles. The molecule has 0 radical (unpaired) electrons. The van der Waals surface area contributed by atoms with Gasteiger partial charge in [-0.15, -0.1) is 0 Å². The van der Waals surface area contributed by atoms with Crippen molar-refractivity contribution in [2.24, 2.45) is 0 Å². The first kappa shape index (κ1) is 29.8. The lowest BCUT2D eigenvalue weighted by Crippen LogP contribution is -2.48. The fourth-order valence-electron chi connectivity index (χ4n) is 5.30. The Morgan fingerprint density at radius 3 is 2.43 bits per heavy atom. The van der Waals surface area contributed by atoms with Gasteiger partial charge in [0.1, 0.15) is 30.8 Å². The molecule has 42 heavy (non-hydrogen) atoms. The third-order valence-electron chi connectivity index (χ3n) is 8.11. The van der Waals surface area contributed by atoms with E-state index >= 15 is 0 Å². The number of likely N-dealkylation sites (N-methyl/N-ethyl adjacent to an activating group) is 1. The Morgan fingerprint density at radius 2 is 1.71 bits per heavy atom. The van der Waals surface area contributed by atoms with E-state index in [0.29, 0.717) is 49.2 Å². The van der Waals surface area contributed by atoms with E-state index < -0.39 is 6.10 Å². The van der Waals surface area contributed by atoms with E-state index in [1.54, 1.807) is 30.3 Å². The number of likely N-dealkylation sites (tertiary alicyclic amines) is 1. The number of piperazine rings is 1. The van der Waals surface area contributed by atoms with Crippen LogP contribution < -0.4 is 14.2 Å². The zero-order valence-corrected chi connectivity index (χ0v) is 24.9. The number of β-amino-alcohol motifs (C(OH)–C–C–N with tert-alkyl or cyclic N) is 1. The molecule has 9 nitrogen and oxygen atoms in total. The summed E-state index contributed by atoms with van der Waals surface area (Å²) in [6, 6.07) is 17.8. The van der Waals surface area contributed by atoms with Crippen molar-refractivity contribution in [1.82, 2.24) is 19.7 Å². The SMILES string of the molecule is CCc1ccc(COc2ccc(C3CN(C(=O)c4cc(OC[C@H](O)CN5CCN(C)CC5)ccn4)C3)cc2OC)cc1. The Balaban J connectivity index is 1.10. The number of rotatable bonds is 12. The number of aromatic nitrogens is 1. The molecular weight excluding hydrogens is 532 g/mol. The quantitative estimate of drug-likeness (QED) is 0.352. The molecule has 0 aliphatic carbocycles. The zero-order valence-electron chi connectivity index (χ0n) is 24.9. The van der Waals surface area contributed by atoms with Crippen LogP contribution in [0.15, 0.2) is 60.8 Å². The lowest BCUT2D eigenvalue weighted by molar-refractivity contribution is 0.0503. The second-order valence-electron chi connectivity index (χ2n) is 11.2. The van der Waals surface area contributed by atoms with Gasteiger partial charge in [-0.3, -0.25) is 14.7 Å². The molecule has 3 aromatic rings. The number of methoxy groups -OCH3 is 1. The molecule has 0 spiro atoms. The first-order valence-corrected chi connectivity index (χ1v) is 14.8. The van der Waals surface area contributed by atoms with Crippen molar-refractivity contribution in [3.63, 3.8) is 0 Å². The van der Waals surface area contributed by atoms with Crippen LogP contribution in [0.4, 0.5) is 0 Å². The molecule has 0 bridgehead atoms. The number of amides is 1. The third kappa shape index (κ3) is 7.59. The summed E-state index contributed by atoms with van der Waals surface area (Å²) in [5.74, 6) is 1.99. The summed E-state index contributed by atoms with van der Waals surface area (Å²) in [5.41, 5.74) is 3.86. The highest BCUT2D eigenvalue weighted by Gasteiger charge is 2.33. The third-order valence-corrected chi connectivity index (χ3v) is 8.11. The van der Waals surface area contributed by atoms with Gasteiger partial charge in [-0.25, -0.2) is 0 Å². The zero-order chi connectivity index (χ0) is 29.5. The summed E-state index contributed by atoms with van der Waals surface area (Å²) in [5, 5.41) is 10.4. The molecule has 2 aliphatic heterocycles. The van der Waals surface area contributed by atoms with Crippen LogP contribution in [0.5, 0.6) is 17.2 Å². The van der Waals surface area contributed by atoms with Crippen molar-refractivity contribution in [3.8, 4) is 17.2 Å². The first-order chi connectivity index (χ1) is 20.4. The Hall–Kier alpha value is -3.66. The number of aliphatic hydroxyl groups is 1. The number of benzene rings is 2. The second-order valence-corrected chi connectivity index (χ2v) is 11.2. The lowest BCUT2D eigenvalue weighted by Gasteiger charge is -2.39. The molecule has 1 amide bonds. The van der Waals surface area contributed by atoms with E-state index in [0.717, 1.165) is 43.7 Å². The maximum absolute atomic E-state index is 13.1. The molecule has 1 atom stereocenters. The minimum absolute atomic E-state index is 0.129. The monoisotopic (exact) mass is 574 g/mol. The van der Waals surface area contributed by atoms with E-state index in [2.05, 4.69) is 53.0 Å². The summed E-state index contributed by atoms with van der Waals surface area (Å²) in [7, 11) is 3.75. The molecule has 0 saturated carbocycles. The van der Waals surface area contributed by atoms with Gasteiger partial charge in [-0.05, 0) is 48.4 Å². The molecule has 5 rings (SSSR count). The lowest BCUT2D eigenvalue weighted by atomic mass is 9.91. The van der Waals surface area contributed by atoms with Crippen molar-refractivity contribution in [2.45, 2.75) is 32.0 Å². The van der Waals surface area contributed by atoms with E-state index in [9.17, 15) is 9.90 Å². The summed E-state index contributed by atoms with van der Waals surface area (Å²) in [6.07, 6.45) is 1.99. The number of nitrogens with zero attached hydrogens (tertiary/aromatic N) is 4. The average Bonchev–Trinajstić information content (AvgIpc) is 3.00. The average molecular weight is 575 g/mol. The summed E-state index contributed by atoms with van der Waals surface area (Å²) in [4.78, 5) is 23.7. The number of hydrogen-bond donors (Lipinski definition) is 1. The second kappa shape index (κ2) is 14.0. The van der Waals surface area contributed by atoms with Gasteiger partial charge < -0.3 is 29.1 Å². The van der Waals surface area contributed by atoms with Crippen LogP contribution in [0, 0.1) is 0 Å². The van der Waals surface area contributed by atoms with Crippen molar-refractivity contribution in [2.75, 3.05) is 66.6 Å². The van der Waals surface area contributed by atoms with Crippen molar-refractivity contribution in [3.05, 3.63) is 83.2 Å².